The predicted molar refractivity (Wildman–Crippen MR) is 88.5 cm³/mol. The Balaban J connectivity index is 2.35. The van der Waals surface area contributed by atoms with Crippen molar-refractivity contribution in [1.29, 1.82) is 0 Å². The fraction of sp³-hybridized carbons (Fsp3) is 0.421. The monoisotopic (exact) mass is 283 g/mol. The van der Waals surface area contributed by atoms with Gasteiger partial charge in [-0.3, -0.25) is 4.79 Å². The molecular formula is C19H25NO. The summed E-state index contributed by atoms with van der Waals surface area (Å²) < 4.78 is 0. The van der Waals surface area contributed by atoms with Gasteiger partial charge in [0.1, 0.15) is 5.78 Å². The second-order valence-electron chi connectivity index (χ2n) is 6.26. The van der Waals surface area contributed by atoms with Crippen LogP contribution in [-0.2, 0) is 4.79 Å². The Bertz CT molecular complexity index is 589. The lowest BCUT2D eigenvalue weighted by molar-refractivity contribution is -0.121. The van der Waals surface area contributed by atoms with Crippen molar-refractivity contribution in [3.05, 3.63) is 58.8 Å². The van der Waals surface area contributed by atoms with Crippen molar-refractivity contribution in [2.45, 2.75) is 39.5 Å². The normalized spacial score (nSPS) is 21.7. The van der Waals surface area contributed by atoms with E-state index in [-0.39, 0.29) is 11.8 Å². The van der Waals surface area contributed by atoms with E-state index in [9.17, 15) is 4.79 Å². The van der Waals surface area contributed by atoms with Crippen molar-refractivity contribution in [3.8, 4) is 0 Å². The Morgan fingerprint density at radius 3 is 2.38 bits per heavy atom. The minimum absolute atomic E-state index is 0.0163. The number of carbonyl (C=O) groups excluding carboxylic acids is 1. The van der Waals surface area contributed by atoms with Crippen LogP contribution in [0.15, 0.2) is 36.6 Å². The minimum Gasteiger partial charge on any atom is -0.392 e. The summed E-state index contributed by atoms with van der Waals surface area (Å²) in [7, 11) is 1.85. The van der Waals surface area contributed by atoms with E-state index in [1.807, 2.05) is 7.05 Å². The van der Waals surface area contributed by atoms with Crippen LogP contribution >= 0.6 is 0 Å². The summed E-state index contributed by atoms with van der Waals surface area (Å²) in [5.74, 6) is 0.175. The van der Waals surface area contributed by atoms with E-state index in [4.69, 9.17) is 0 Å². The lowest BCUT2D eigenvalue weighted by atomic mass is 9.85. The zero-order chi connectivity index (χ0) is 15.7. The highest BCUT2D eigenvalue weighted by Crippen LogP contribution is 2.43. The first-order chi connectivity index (χ1) is 9.85. The van der Waals surface area contributed by atoms with Crippen molar-refractivity contribution in [2.24, 2.45) is 5.92 Å². The number of hydrogen-bond acceptors (Lipinski definition) is 2. The SMILES string of the molecule is C=C(CC1CC(=C)C(c2c(C)cc(C)cc2C)C1=O)NC. The third-order valence-electron chi connectivity index (χ3n) is 4.48. The molecule has 0 aromatic heterocycles. The molecular weight excluding hydrogens is 258 g/mol. The van der Waals surface area contributed by atoms with E-state index < -0.39 is 0 Å². The molecule has 0 bridgehead atoms. The number of allylic oxidation sites excluding steroid dienone is 2. The van der Waals surface area contributed by atoms with E-state index in [1.54, 1.807) is 0 Å². The van der Waals surface area contributed by atoms with Gasteiger partial charge in [0.25, 0.3) is 0 Å². The number of hydrogen-bond donors (Lipinski definition) is 1. The molecule has 1 N–H and O–H groups in total. The summed E-state index contributed by atoms with van der Waals surface area (Å²) in [6, 6.07) is 4.31. The van der Waals surface area contributed by atoms with Crippen molar-refractivity contribution in [3.63, 3.8) is 0 Å². The van der Waals surface area contributed by atoms with Gasteiger partial charge in [-0.25, -0.2) is 0 Å². The van der Waals surface area contributed by atoms with E-state index >= 15 is 0 Å². The molecule has 0 aliphatic heterocycles. The highest BCUT2D eigenvalue weighted by atomic mass is 16.1. The van der Waals surface area contributed by atoms with Gasteiger partial charge >= 0.3 is 0 Å². The maximum absolute atomic E-state index is 12.8. The number of carbonyl (C=O) groups is 1. The highest BCUT2D eigenvalue weighted by Gasteiger charge is 2.39. The van der Waals surface area contributed by atoms with Gasteiger partial charge in [0.05, 0.1) is 5.92 Å². The molecule has 1 fully saturated rings. The van der Waals surface area contributed by atoms with Crippen LogP contribution < -0.4 is 5.32 Å². The summed E-state index contributed by atoms with van der Waals surface area (Å²) in [5.41, 5.74) is 6.75. The lowest BCUT2D eigenvalue weighted by Crippen LogP contribution is -2.18. The molecule has 1 aromatic rings. The van der Waals surface area contributed by atoms with Crippen LogP contribution in [0.3, 0.4) is 0 Å². The molecule has 0 amide bonds. The fourth-order valence-corrected chi connectivity index (χ4v) is 3.54. The molecule has 0 spiro atoms. The first kappa shape index (κ1) is 15.6. The standard InChI is InChI=1S/C19H25NO/c1-11-7-12(2)17(13(3)8-11)18-14(4)9-16(19(18)21)10-15(5)20-6/h7-8,16,18,20H,4-5,9-10H2,1-3,6H3. The fourth-order valence-electron chi connectivity index (χ4n) is 3.54. The topological polar surface area (TPSA) is 29.1 Å². The quantitative estimate of drug-likeness (QED) is 0.847. The summed E-state index contributed by atoms with van der Waals surface area (Å²) in [4.78, 5) is 12.8. The average Bonchev–Trinajstić information content (AvgIpc) is 2.65. The van der Waals surface area contributed by atoms with Crippen molar-refractivity contribution in [2.75, 3.05) is 7.05 Å². The first-order valence-corrected chi connectivity index (χ1v) is 7.49. The van der Waals surface area contributed by atoms with Gasteiger partial charge in [-0.05, 0) is 50.3 Å². The molecule has 2 rings (SSSR count). The van der Waals surface area contributed by atoms with Crippen molar-refractivity contribution >= 4 is 5.78 Å². The van der Waals surface area contributed by atoms with Crippen LogP contribution in [0.2, 0.25) is 0 Å². The Kier molecular flexibility index (Phi) is 4.36. The molecule has 21 heavy (non-hydrogen) atoms. The molecule has 2 atom stereocenters. The number of rotatable bonds is 4. The Morgan fingerprint density at radius 2 is 1.86 bits per heavy atom. The number of benzene rings is 1. The largest absolute Gasteiger partial charge is 0.392 e. The maximum atomic E-state index is 12.8. The van der Waals surface area contributed by atoms with Crippen LogP contribution in [-0.4, -0.2) is 12.8 Å². The van der Waals surface area contributed by atoms with Crippen LogP contribution in [0.5, 0.6) is 0 Å². The molecule has 2 nitrogen and oxygen atoms in total. The van der Waals surface area contributed by atoms with Crippen molar-refractivity contribution in [1.82, 2.24) is 5.32 Å². The second-order valence-corrected chi connectivity index (χ2v) is 6.26. The van der Waals surface area contributed by atoms with Crippen molar-refractivity contribution < 1.29 is 4.79 Å². The predicted octanol–water partition coefficient (Wildman–Crippen LogP) is 3.96. The summed E-state index contributed by atoms with van der Waals surface area (Å²) in [6.45, 7) is 14.4. The average molecular weight is 283 g/mol. The zero-order valence-electron chi connectivity index (χ0n) is 13.5. The molecule has 1 aliphatic carbocycles. The smallest absolute Gasteiger partial charge is 0.148 e. The van der Waals surface area contributed by atoms with Gasteiger partial charge in [0.15, 0.2) is 0 Å². The Hall–Kier alpha value is -1.83. The molecule has 2 unspecified atom stereocenters. The van der Waals surface area contributed by atoms with Crippen LogP contribution in [0.4, 0.5) is 0 Å². The van der Waals surface area contributed by atoms with E-state index in [1.165, 1.54) is 16.7 Å². The van der Waals surface area contributed by atoms with Crippen LogP contribution in [0.1, 0.15) is 41.0 Å². The minimum atomic E-state index is -0.139. The maximum Gasteiger partial charge on any atom is 0.148 e. The second kappa shape index (κ2) is 5.88. The zero-order valence-corrected chi connectivity index (χ0v) is 13.5. The third kappa shape index (κ3) is 2.94. The van der Waals surface area contributed by atoms with Gasteiger partial charge in [-0.2, -0.15) is 0 Å². The molecule has 0 heterocycles. The molecule has 1 aliphatic rings. The van der Waals surface area contributed by atoms with E-state index in [0.717, 1.165) is 23.3 Å². The number of nitrogens with one attached hydrogen (secondary N) is 1. The molecule has 112 valence electrons. The number of aryl methyl sites for hydroxylation is 3. The van der Waals surface area contributed by atoms with Gasteiger partial charge in [0.2, 0.25) is 0 Å². The van der Waals surface area contributed by atoms with Crippen LogP contribution in [0.25, 0.3) is 0 Å². The third-order valence-corrected chi connectivity index (χ3v) is 4.48. The number of Topliss-reactive ketones (excluding diaryl/α,β-unsaturated/α-hetero) is 1. The molecule has 1 saturated carbocycles. The molecule has 0 radical (unpaired) electrons. The van der Waals surface area contributed by atoms with E-state index in [0.29, 0.717) is 12.2 Å². The number of ketones is 1. The first-order valence-electron chi connectivity index (χ1n) is 7.49. The summed E-state index contributed by atoms with van der Waals surface area (Å²) >= 11 is 0. The highest BCUT2D eigenvalue weighted by molar-refractivity contribution is 5.94. The summed E-state index contributed by atoms with van der Waals surface area (Å²) in [5, 5.41) is 3.04. The Morgan fingerprint density at radius 1 is 1.29 bits per heavy atom. The van der Waals surface area contributed by atoms with Gasteiger partial charge in [0, 0.05) is 18.7 Å². The Labute approximate surface area is 128 Å². The molecule has 1 aromatic carbocycles. The van der Waals surface area contributed by atoms with Gasteiger partial charge in [-0.1, -0.05) is 36.4 Å². The lowest BCUT2D eigenvalue weighted by Gasteiger charge is -2.18. The summed E-state index contributed by atoms with van der Waals surface area (Å²) in [6.07, 6.45) is 1.48. The van der Waals surface area contributed by atoms with Gasteiger partial charge in [-0.15, -0.1) is 0 Å². The molecule has 0 saturated heterocycles. The van der Waals surface area contributed by atoms with Gasteiger partial charge < -0.3 is 5.32 Å². The molecule has 2 heteroatoms. The van der Waals surface area contributed by atoms with E-state index in [2.05, 4.69) is 51.4 Å². The van der Waals surface area contributed by atoms with Crippen LogP contribution in [0, 0.1) is 26.7 Å².